The Balaban J connectivity index is 1.55. The molecule has 1 aliphatic rings. The summed E-state index contributed by atoms with van der Waals surface area (Å²) in [6.45, 7) is 6.04. The first kappa shape index (κ1) is 23.0. The molecule has 1 saturated carbocycles. The van der Waals surface area contributed by atoms with E-state index in [0.717, 1.165) is 33.7 Å². The van der Waals surface area contributed by atoms with Crippen LogP contribution in [0.3, 0.4) is 0 Å². The number of hydrogen-bond acceptors (Lipinski definition) is 3. The van der Waals surface area contributed by atoms with E-state index in [-0.39, 0.29) is 5.97 Å². The fourth-order valence-corrected chi connectivity index (χ4v) is 5.22. The van der Waals surface area contributed by atoms with Crippen LogP contribution in [0.2, 0.25) is 0 Å². The molecule has 0 saturated heterocycles. The smallest absolute Gasteiger partial charge is 0.308 e. The van der Waals surface area contributed by atoms with Gasteiger partial charge in [-0.15, -0.1) is 0 Å². The average molecular weight is 466 g/mol. The molecule has 4 nitrogen and oxygen atoms in total. The van der Waals surface area contributed by atoms with Gasteiger partial charge < -0.3 is 14.5 Å². The molecular formula is C31H31NO3. The Labute approximate surface area is 206 Å². The maximum atomic E-state index is 11.5. The number of rotatable bonds is 7. The Bertz CT molecular complexity index is 1350. The van der Waals surface area contributed by atoms with Crippen LogP contribution in [-0.4, -0.2) is 11.0 Å². The SMILES string of the molecule is C=Cc1cc(OCc2ccccc2)ccc1-c1[nH]c2cc(OC(C)=O)ccc2c1C1CCCCC1. The molecule has 0 aliphatic heterocycles. The minimum absolute atomic E-state index is 0.316. The number of carbonyl (C=O) groups excluding carboxylic acids is 1. The number of nitrogens with one attached hydrogen (secondary N) is 1. The topological polar surface area (TPSA) is 51.3 Å². The molecule has 4 aromatic rings. The second-order valence-electron chi connectivity index (χ2n) is 9.28. The van der Waals surface area contributed by atoms with E-state index in [1.165, 1.54) is 50.0 Å². The summed E-state index contributed by atoms with van der Waals surface area (Å²) >= 11 is 0. The first-order valence-electron chi connectivity index (χ1n) is 12.4. The van der Waals surface area contributed by atoms with E-state index in [1.807, 2.05) is 42.5 Å². The van der Waals surface area contributed by atoms with E-state index in [1.54, 1.807) is 0 Å². The minimum atomic E-state index is -0.316. The zero-order valence-electron chi connectivity index (χ0n) is 20.2. The zero-order chi connectivity index (χ0) is 24.2. The second kappa shape index (κ2) is 10.2. The Morgan fingerprint density at radius 3 is 2.51 bits per heavy atom. The molecule has 1 N–H and O–H groups in total. The van der Waals surface area contributed by atoms with Crippen LogP contribution in [0.25, 0.3) is 28.2 Å². The molecule has 178 valence electrons. The van der Waals surface area contributed by atoms with Crippen molar-refractivity contribution >= 4 is 22.9 Å². The van der Waals surface area contributed by atoms with Crippen LogP contribution in [0, 0.1) is 0 Å². The maximum absolute atomic E-state index is 11.5. The molecule has 0 radical (unpaired) electrons. The molecule has 1 fully saturated rings. The van der Waals surface area contributed by atoms with Crippen LogP contribution in [0.1, 0.15) is 61.6 Å². The number of carbonyl (C=O) groups is 1. The van der Waals surface area contributed by atoms with Crippen molar-refractivity contribution in [3.05, 3.63) is 90.0 Å². The number of esters is 1. The van der Waals surface area contributed by atoms with Gasteiger partial charge in [0.2, 0.25) is 0 Å². The molecule has 0 bridgehead atoms. The lowest BCUT2D eigenvalue weighted by molar-refractivity contribution is -0.131. The molecule has 1 aliphatic carbocycles. The van der Waals surface area contributed by atoms with Crippen molar-refractivity contribution in [3.8, 4) is 22.8 Å². The first-order valence-corrected chi connectivity index (χ1v) is 12.4. The summed E-state index contributed by atoms with van der Waals surface area (Å²) in [4.78, 5) is 15.2. The van der Waals surface area contributed by atoms with Gasteiger partial charge in [-0.25, -0.2) is 0 Å². The van der Waals surface area contributed by atoms with E-state index in [9.17, 15) is 4.79 Å². The largest absolute Gasteiger partial charge is 0.489 e. The van der Waals surface area contributed by atoms with Crippen LogP contribution in [0.4, 0.5) is 0 Å². The quantitative estimate of drug-likeness (QED) is 0.222. The Morgan fingerprint density at radius 1 is 1.00 bits per heavy atom. The monoisotopic (exact) mass is 465 g/mol. The van der Waals surface area contributed by atoms with Crippen molar-refractivity contribution in [1.29, 1.82) is 0 Å². The van der Waals surface area contributed by atoms with Crippen LogP contribution in [-0.2, 0) is 11.4 Å². The highest BCUT2D eigenvalue weighted by atomic mass is 16.5. The molecule has 5 rings (SSSR count). The van der Waals surface area contributed by atoms with Gasteiger partial charge in [-0.3, -0.25) is 4.79 Å². The van der Waals surface area contributed by atoms with Gasteiger partial charge in [-0.2, -0.15) is 0 Å². The summed E-state index contributed by atoms with van der Waals surface area (Å²) in [7, 11) is 0. The fraction of sp³-hybridized carbons (Fsp3) is 0.258. The van der Waals surface area contributed by atoms with Gasteiger partial charge in [0, 0.05) is 29.5 Å². The lowest BCUT2D eigenvalue weighted by atomic mass is 9.81. The normalized spacial score (nSPS) is 14.1. The average Bonchev–Trinajstić information content (AvgIpc) is 3.26. The molecule has 1 heterocycles. The Morgan fingerprint density at radius 2 is 1.77 bits per heavy atom. The predicted octanol–water partition coefficient (Wildman–Crippen LogP) is 8.03. The number of benzene rings is 3. The van der Waals surface area contributed by atoms with Crippen LogP contribution >= 0.6 is 0 Å². The van der Waals surface area contributed by atoms with Crippen molar-refractivity contribution in [2.45, 2.75) is 51.6 Å². The van der Waals surface area contributed by atoms with Gasteiger partial charge >= 0.3 is 5.97 Å². The summed E-state index contributed by atoms with van der Waals surface area (Å²) in [5, 5.41) is 1.20. The molecule has 4 heteroatoms. The predicted molar refractivity (Wildman–Crippen MR) is 142 cm³/mol. The summed E-state index contributed by atoms with van der Waals surface area (Å²) in [6.07, 6.45) is 8.08. The highest BCUT2D eigenvalue weighted by Crippen LogP contribution is 2.44. The third kappa shape index (κ3) is 5.02. The molecule has 1 aromatic heterocycles. The van der Waals surface area contributed by atoms with Gasteiger partial charge in [-0.1, -0.05) is 62.2 Å². The standard InChI is InChI=1S/C31H31NO3/c1-3-23-18-25(34-20-22-10-6-4-7-11-22)14-16-27(23)31-30(24-12-8-5-9-13-24)28-17-15-26(35-21(2)33)19-29(28)32-31/h3-4,6-7,10-11,14-19,24,32H,1,5,8-9,12-13,20H2,2H3. The fourth-order valence-electron chi connectivity index (χ4n) is 5.22. The molecular weight excluding hydrogens is 434 g/mol. The Hall–Kier alpha value is -3.79. The molecule has 35 heavy (non-hydrogen) atoms. The number of ether oxygens (including phenoxy) is 2. The molecule has 0 unspecified atom stereocenters. The van der Waals surface area contributed by atoms with Gasteiger partial charge in [0.15, 0.2) is 0 Å². The highest BCUT2D eigenvalue weighted by molar-refractivity contribution is 5.94. The van der Waals surface area contributed by atoms with Gasteiger partial charge in [0.05, 0.1) is 5.69 Å². The molecule has 0 spiro atoms. The van der Waals surface area contributed by atoms with E-state index in [0.29, 0.717) is 18.3 Å². The van der Waals surface area contributed by atoms with Crippen LogP contribution in [0.15, 0.2) is 73.3 Å². The third-order valence-electron chi connectivity index (χ3n) is 6.85. The van der Waals surface area contributed by atoms with E-state index in [4.69, 9.17) is 9.47 Å². The number of fused-ring (bicyclic) bond motifs is 1. The number of H-pyrrole nitrogens is 1. The first-order chi connectivity index (χ1) is 17.1. The number of aromatic nitrogens is 1. The Kier molecular flexibility index (Phi) is 6.71. The summed E-state index contributed by atoms with van der Waals surface area (Å²) < 4.78 is 11.4. The van der Waals surface area contributed by atoms with Crippen molar-refractivity contribution in [1.82, 2.24) is 4.98 Å². The third-order valence-corrected chi connectivity index (χ3v) is 6.85. The summed E-state index contributed by atoms with van der Waals surface area (Å²) in [5.74, 6) is 1.56. The molecule has 0 atom stereocenters. The van der Waals surface area contributed by atoms with Crippen LogP contribution < -0.4 is 9.47 Å². The lowest BCUT2D eigenvalue weighted by Gasteiger charge is -2.23. The second-order valence-corrected chi connectivity index (χ2v) is 9.28. The van der Waals surface area contributed by atoms with Gasteiger partial charge in [-0.05, 0) is 65.8 Å². The number of hydrogen-bond donors (Lipinski definition) is 1. The minimum Gasteiger partial charge on any atom is -0.489 e. The maximum Gasteiger partial charge on any atom is 0.308 e. The van der Waals surface area contributed by atoms with E-state index < -0.39 is 0 Å². The molecule has 0 amide bonds. The zero-order valence-corrected chi connectivity index (χ0v) is 20.2. The van der Waals surface area contributed by atoms with Gasteiger partial charge in [0.1, 0.15) is 18.1 Å². The van der Waals surface area contributed by atoms with E-state index >= 15 is 0 Å². The van der Waals surface area contributed by atoms with Crippen molar-refractivity contribution in [2.24, 2.45) is 0 Å². The highest BCUT2D eigenvalue weighted by Gasteiger charge is 2.25. The number of aromatic amines is 1. The molecule has 3 aromatic carbocycles. The van der Waals surface area contributed by atoms with Crippen molar-refractivity contribution < 1.29 is 14.3 Å². The van der Waals surface area contributed by atoms with Gasteiger partial charge in [0.25, 0.3) is 0 Å². The van der Waals surface area contributed by atoms with Crippen molar-refractivity contribution in [3.63, 3.8) is 0 Å². The van der Waals surface area contributed by atoms with Crippen molar-refractivity contribution in [2.75, 3.05) is 0 Å². The lowest BCUT2D eigenvalue weighted by Crippen LogP contribution is -2.05. The van der Waals surface area contributed by atoms with E-state index in [2.05, 4.69) is 41.9 Å². The summed E-state index contributed by atoms with van der Waals surface area (Å²) in [6, 6.07) is 22.3. The summed E-state index contributed by atoms with van der Waals surface area (Å²) in [5.41, 5.74) is 6.73. The van der Waals surface area contributed by atoms with Crippen LogP contribution in [0.5, 0.6) is 11.5 Å².